The lowest BCUT2D eigenvalue weighted by molar-refractivity contribution is 0.542. The smallest absolute Gasteiger partial charge is 0.433 e. The van der Waals surface area contributed by atoms with Crippen molar-refractivity contribution in [3.63, 3.8) is 0 Å². The van der Waals surface area contributed by atoms with Crippen molar-refractivity contribution >= 4 is 53.4 Å². The number of hydrogen-bond donors (Lipinski definition) is 0. The number of para-hydroxylation sites is 3. The fraction of sp³-hybridized carbons (Fsp3) is 0.0625. The Morgan fingerprint density at radius 1 is 0.667 bits per heavy atom. The average molecular weight is 533 g/mol. The van der Waals surface area contributed by atoms with E-state index in [1.165, 1.54) is 10.4 Å². The third-order valence-corrected chi connectivity index (χ3v) is 11.5. The highest BCUT2D eigenvalue weighted by atomic mass is 28.3. The van der Waals surface area contributed by atoms with Gasteiger partial charge in [0.05, 0.1) is 0 Å². The van der Waals surface area contributed by atoms with E-state index >= 15 is 0 Å². The molecular weight excluding hydrogens is 510 g/mol. The Hall–Kier alpha value is -4.23. The van der Waals surface area contributed by atoms with Gasteiger partial charge in [-0.25, -0.2) is 13.2 Å². The van der Waals surface area contributed by atoms with Crippen LogP contribution in [0.1, 0.15) is 0 Å². The number of hydrogen-bond acceptors (Lipinski definition) is 2. The molecule has 0 unspecified atom stereocenters. The molecule has 5 aromatic carbocycles. The lowest BCUT2D eigenvalue weighted by Crippen LogP contribution is -2.58. The largest absolute Gasteiger partial charge is 0.551 e. The summed E-state index contributed by atoms with van der Waals surface area (Å²) in [7, 11) is -1.94. The highest BCUT2D eigenvalue weighted by Gasteiger charge is 2.40. The molecule has 2 aliphatic heterocycles. The van der Waals surface area contributed by atoms with Gasteiger partial charge in [0.2, 0.25) is 0 Å². The molecule has 0 saturated carbocycles. The topological polar surface area (TPSA) is 12.5 Å². The van der Waals surface area contributed by atoms with Crippen molar-refractivity contribution in [2.45, 2.75) is 13.1 Å². The van der Waals surface area contributed by atoms with E-state index in [1.807, 2.05) is 30.3 Å². The second-order valence-corrected chi connectivity index (χ2v) is 14.9. The first-order valence-corrected chi connectivity index (χ1v) is 15.9. The molecule has 2 nitrogen and oxygen atoms in total. The van der Waals surface area contributed by atoms with Gasteiger partial charge in [-0.1, -0.05) is 73.8 Å². The summed E-state index contributed by atoms with van der Waals surface area (Å²) >= 11 is 0. The number of nitrogens with zero attached hydrogens (tertiary/aromatic N) is 1. The predicted octanol–water partition coefficient (Wildman–Crippen LogP) is 5.87. The molecule has 0 atom stereocenters. The maximum absolute atomic E-state index is 15.0. The monoisotopic (exact) mass is 533 g/mol. The van der Waals surface area contributed by atoms with Crippen molar-refractivity contribution in [1.29, 1.82) is 0 Å². The Kier molecular flexibility index (Phi) is 5.29. The van der Waals surface area contributed by atoms with E-state index in [2.05, 4.69) is 72.6 Å². The minimum Gasteiger partial charge on any atom is -0.551 e. The van der Waals surface area contributed by atoms with Gasteiger partial charge in [0.15, 0.2) is 0 Å². The Morgan fingerprint density at radius 2 is 1.26 bits per heavy atom. The third kappa shape index (κ3) is 3.57. The summed E-state index contributed by atoms with van der Waals surface area (Å²) in [5.41, 5.74) is 5.19. The van der Waals surface area contributed by atoms with Gasteiger partial charge in [0, 0.05) is 40.2 Å². The van der Waals surface area contributed by atoms with Gasteiger partial charge in [0.1, 0.15) is 31.3 Å². The van der Waals surface area contributed by atoms with Crippen LogP contribution in [0.15, 0.2) is 103 Å². The molecule has 0 aromatic heterocycles. The quantitative estimate of drug-likeness (QED) is 0.263. The predicted molar refractivity (Wildman–Crippen MR) is 155 cm³/mol. The molecule has 7 heteroatoms. The number of rotatable bonds is 2. The Morgan fingerprint density at radius 3 is 1.92 bits per heavy atom. The van der Waals surface area contributed by atoms with Crippen molar-refractivity contribution < 1.29 is 17.8 Å². The van der Waals surface area contributed by atoms with Crippen LogP contribution >= 0.6 is 0 Å². The van der Waals surface area contributed by atoms with Gasteiger partial charge in [-0.05, 0) is 51.7 Å². The van der Waals surface area contributed by atoms with E-state index in [-0.39, 0.29) is 5.46 Å². The first-order chi connectivity index (χ1) is 18.8. The third-order valence-electron chi connectivity index (χ3n) is 7.94. The molecule has 0 amide bonds. The zero-order valence-corrected chi connectivity index (χ0v) is 22.4. The molecule has 39 heavy (non-hydrogen) atoms. The molecule has 0 saturated heterocycles. The van der Waals surface area contributed by atoms with Crippen LogP contribution in [0.5, 0.6) is 5.75 Å². The van der Waals surface area contributed by atoms with Crippen LogP contribution in [-0.4, -0.2) is 15.0 Å². The van der Waals surface area contributed by atoms with Crippen LogP contribution in [-0.2, 0) is 0 Å². The van der Waals surface area contributed by atoms with Crippen molar-refractivity contribution in [1.82, 2.24) is 0 Å². The summed E-state index contributed by atoms with van der Waals surface area (Å²) < 4.78 is 49.9. The van der Waals surface area contributed by atoms with E-state index in [4.69, 9.17) is 4.65 Å². The maximum atomic E-state index is 15.0. The van der Waals surface area contributed by atoms with E-state index in [9.17, 15) is 13.2 Å². The van der Waals surface area contributed by atoms with Crippen LogP contribution in [0.4, 0.5) is 30.2 Å². The Balaban J connectivity index is 1.46. The first-order valence-electron chi connectivity index (χ1n) is 12.9. The van der Waals surface area contributed by atoms with E-state index in [1.54, 1.807) is 6.07 Å². The van der Waals surface area contributed by atoms with Gasteiger partial charge in [-0.15, -0.1) is 0 Å². The molecule has 7 rings (SSSR count). The van der Waals surface area contributed by atoms with Crippen LogP contribution in [0.25, 0.3) is 11.1 Å². The zero-order chi connectivity index (χ0) is 26.9. The SMILES string of the molecule is C[Si]1(C)c2ccccc2N(c2ccc3c(c2)-c2ccccc2OB3c2c(F)cc(F)cc2F)c2ccccc21. The standard InChI is InChI=1S/C32H23BF3NOSi/c1-39(2)30-13-7-4-10-27(30)37(28-11-5-8-14-31(28)39)21-15-16-24-23(19-21)22-9-3-6-12-29(22)38-33(24)32-25(35)17-20(34)18-26(32)36/h3-19H,1-2H3. The minimum absolute atomic E-state index is 0.304. The highest BCUT2D eigenvalue weighted by Crippen LogP contribution is 2.41. The molecule has 0 radical (unpaired) electrons. The summed E-state index contributed by atoms with van der Waals surface area (Å²) in [5, 5.41) is 2.69. The maximum Gasteiger partial charge on any atom is 0.433 e. The fourth-order valence-electron chi connectivity index (χ4n) is 6.09. The first kappa shape index (κ1) is 23.9. The number of fused-ring (bicyclic) bond motifs is 5. The van der Waals surface area contributed by atoms with Gasteiger partial charge in [0.25, 0.3) is 0 Å². The number of halogens is 3. The number of anilines is 3. The van der Waals surface area contributed by atoms with Gasteiger partial charge >= 0.3 is 6.92 Å². The van der Waals surface area contributed by atoms with E-state index in [0.29, 0.717) is 23.3 Å². The lowest BCUT2D eigenvalue weighted by atomic mass is 9.52. The van der Waals surface area contributed by atoms with Crippen molar-refractivity contribution in [3.8, 4) is 16.9 Å². The average Bonchev–Trinajstić information content (AvgIpc) is 2.93. The van der Waals surface area contributed by atoms with Crippen LogP contribution < -0.4 is 30.9 Å². The summed E-state index contributed by atoms with van der Waals surface area (Å²) in [6, 6.07) is 31.8. The summed E-state index contributed by atoms with van der Waals surface area (Å²) in [6.07, 6.45) is 0. The van der Waals surface area contributed by atoms with Gasteiger partial charge in [-0.2, -0.15) is 0 Å². The molecule has 0 N–H and O–H groups in total. The second-order valence-electron chi connectivity index (χ2n) is 10.5. The minimum atomic E-state index is -1.94. The summed E-state index contributed by atoms with van der Waals surface area (Å²) in [4.78, 5) is 2.27. The second kappa shape index (κ2) is 8.65. The van der Waals surface area contributed by atoms with Crippen LogP contribution in [0.2, 0.25) is 13.1 Å². The number of benzene rings is 5. The van der Waals surface area contributed by atoms with Crippen molar-refractivity contribution in [3.05, 3.63) is 121 Å². The van der Waals surface area contributed by atoms with Crippen LogP contribution in [0, 0.1) is 17.5 Å². The molecule has 2 aliphatic rings. The summed E-state index contributed by atoms with van der Waals surface area (Å²) in [5.74, 6) is -2.39. The molecule has 2 heterocycles. The Bertz CT molecular complexity index is 1720. The van der Waals surface area contributed by atoms with Gasteiger partial charge < -0.3 is 9.55 Å². The molecule has 190 valence electrons. The molecule has 0 fully saturated rings. The van der Waals surface area contributed by atoms with E-state index in [0.717, 1.165) is 28.2 Å². The molecular formula is C32H23BF3NOSi. The van der Waals surface area contributed by atoms with Crippen LogP contribution in [0.3, 0.4) is 0 Å². The normalized spacial score (nSPS) is 14.6. The summed E-state index contributed by atoms with van der Waals surface area (Å²) in [6.45, 7) is 3.69. The van der Waals surface area contributed by atoms with Crippen molar-refractivity contribution in [2.75, 3.05) is 4.90 Å². The molecule has 0 bridgehead atoms. The zero-order valence-electron chi connectivity index (χ0n) is 21.4. The highest BCUT2D eigenvalue weighted by molar-refractivity contribution is 7.02. The van der Waals surface area contributed by atoms with Crippen molar-refractivity contribution in [2.24, 2.45) is 0 Å². The lowest BCUT2D eigenvalue weighted by Gasteiger charge is -2.41. The molecule has 5 aromatic rings. The molecule has 0 aliphatic carbocycles. The fourth-order valence-corrected chi connectivity index (χ4v) is 9.08. The Labute approximate surface area is 226 Å². The molecule has 0 spiro atoms. The van der Waals surface area contributed by atoms with E-state index < -0.39 is 32.4 Å². The van der Waals surface area contributed by atoms with Gasteiger partial charge in [-0.3, -0.25) is 0 Å².